The summed E-state index contributed by atoms with van der Waals surface area (Å²) in [6, 6.07) is 7.06. The van der Waals surface area contributed by atoms with Gasteiger partial charge in [0.1, 0.15) is 11.4 Å². The summed E-state index contributed by atoms with van der Waals surface area (Å²) in [5, 5.41) is 11.2. The molecule has 116 valence electrons. The van der Waals surface area contributed by atoms with Crippen LogP contribution >= 0.6 is 0 Å². The maximum Gasteiger partial charge on any atom is 0.407 e. The molecule has 1 rings (SSSR count). The Kier molecular flexibility index (Phi) is 6.02. The molecule has 0 bridgehead atoms. The van der Waals surface area contributed by atoms with Crippen LogP contribution in [0.4, 0.5) is 4.79 Å². The van der Waals surface area contributed by atoms with Gasteiger partial charge < -0.3 is 19.9 Å². The SMILES string of the molecule is CC(C)(C)OC(=O)NCc1ccc(OCCC(=O)O)cc1. The van der Waals surface area contributed by atoms with Gasteiger partial charge in [-0.1, -0.05) is 12.1 Å². The van der Waals surface area contributed by atoms with Crippen molar-refractivity contribution in [1.82, 2.24) is 5.32 Å². The third-order valence-electron chi connectivity index (χ3n) is 2.34. The zero-order valence-corrected chi connectivity index (χ0v) is 12.5. The van der Waals surface area contributed by atoms with Crippen LogP contribution in [-0.4, -0.2) is 29.4 Å². The Morgan fingerprint density at radius 2 is 1.81 bits per heavy atom. The number of carbonyl (C=O) groups is 2. The molecular formula is C15H21NO5. The Morgan fingerprint density at radius 3 is 2.33 bits per heavy atom. The Labute approximate surface area is 124 Å². The van der Waals surface area contributed by atoms with E-state index >= 15 is 0 Å². The lowest BCUT2D eigenvalue weighted by molar-refractivity contribution is -0.137. The summed E-state index contributed by atoms with van der Waals surface area (Å²) in [6.45, 7) is 5.89. The summed E-state index contributed by atoms with van der Waals surface area (Å²) in [4.78, 5) is 21.9. The number of amides is 1. The van der Waals surface area contributed by atoms with Crippen LogP contribution in [0.25, 0.3) is 0 Å². The van der Waals surface area contributed by atoms with Gasteiger partial charge in [-0.05, 0) is 38.5 Å². The summed E-state index contributed by atoms with van der Waals surface area (Å²) in [7, 11) is 0. The fourth-order valence-electron chi connectivity index (χ4n) is 1.45. The van der Waals surface area contributed by atoms with Crippen molar-refractivity contribution in [1.29, 1.82) is 0 Å². The predicted octanol–water partition coefficient (Wildman–Crippen LogP) is 2.56. The molecule has 0 spiro atoms. The Bertz CT molecular complexity index is 476. The quantitative estimate of drug-likeness (QED) is 0.842. The normalized spacial score (nSPS) is 10.8. The highest BCUT2D eigenvalue weighted by Gasteiger charge is 2.15. The minimum atomic E-state index is -0.895. The minimum Gasteiger partial charge on any atom is -0.493 e. The second kappa shape index (κ2) is 7.52. The Balaban J connectivity index is 2.37. The second-order valence-corrected chi connectivity index (χ2v) is 5.49. The van der Waals surface area contributed by atoms with Gasteiger partial charge in [-0.25, -0.2) is 4.79 Å². The number of alkyl carbamates (subject to hydrolysis) is 1. The number of benzene rings is 1. The molecule has 0 heterocycles. The van der Waals surface area contributed by atoms with Crippen molar-refractivity contribution >= 4 is 12.1 Å². The number of rotatable bonds is 6. The summed E-state index contributed by atoms with van der Waals surface area (Å²) < 4.78 is 10.4. The molecule has 0 fully saturated rings. The number of carboxylic acids is 1. The average Bonchev–Trinajstić information content (AvgIpc) is 2.35. The van der Waals surface area contributed by atoms with Gasteiger partial charge in [0.05, 0.1) is 13.0 Å². The summed E-state index contributed by atoms with van der Waals surface area (Å²) >= 11 is 0. The number of ether oxygens (including phenoxy) is 2. The molecule has 0 aliphatic heterocycles. The van der Waals surface area contributed by atoms with E-state index in [0.717, 1.165) is 5.56 Å². The third-order valence-corrected chi connectivity index (χ3v) is 2.34. The van der Waals surface area contributed by atoms with Crippen molar-refractivity contribution < 1.29 is 24.2 Å². The Hall–Kier alpha value is -2.24. The van der Waals surface area contributed by atoms with Gasteiger partial charge in [-0.3, -0.25) is 4.79 Å². The first-order chi connectivity index (χ1) is 9.76. The molecule has 0 aliphatic carbocycles. The van der Waals surface area contributed by atoms with E-state index < -0.39 is 17.7 Å². The first-order valence-electron chi connectivity index (χ1n) is 6.66. The van der Waals surface area contributed by atoms with Crippen LogP contribution in [0, 0.1) is 0 Å². The monoisotopic (exact) mass is 295 g/mol. The molecule has 2 N–H and O–H groups in total. The number of carboxylic acid groups (broad SMARTS) is 1. The van der Waals surface area contributed by atoms with Crippen LogP contribution in [-0.2, 0) is 16.1 Å². The van der Waals surface area contributed by atoms with Gasteiger partial charge >= 0.3 is 12.1 Å². The summed E-state index contributed by atoms with van der Waals surface area (Å²) in [5.74, 6) is -0.301. The third kappa shape index (κ3) is 7.81. The fraction of sp³-hybridized carbons (Fsp3) is 0.467. The molecule has 21 heavy (non-hydrogen) atoms. The first kappa shape index (κ1) is 16.8. The molecule has 0 unspecified atom stereocenters. The van der Waals surface area contributed by atoms with Crippen LogP contribution in [0.15, 0.2) is 24.3 Å². The second-order valence-electron chi connectivity index (χ2n) is 5.49. The lowest BCUT2D eigenvalue weighted by atomic mass is 10.2. The average molecular weight is 295 g/mol. The van der Waals surface area contributed by atoms with E-state index in [9.17, 15) is 9.59 Å². The standard InChI is InChI=1S/C15H21NO5/c1-15(2,3)21-14(19)16-10-11-4-6-12(7-5-11)20-9-8-13(17)18/h4-7H,8-10H2,1-3H3,(H,16,19)(H,17,18). The number of carbonyl (C=O) groups excluding carboxylic acids is 1. The highest BCUT2D eigenvalue weighted by Crippen LogP contribution is 2.13. The van der Waals surface area contributed by atoms with Gasteiger partial charge in [0.25, 0.3) is 0 Å². The summed E-state index contributed by atoms with van der Waals surface area (Å²) in [5.41, 5.74) is 0.373. The predicted molar refractivity (Wildman–Crippen MR) is 77.3 cm³/mol. The van der Waals surface area contributed by atoms with Gasteiger partial charge in [0, 0.05) is 6.54 Å². The van der Waals surface area contributed by atoms with Crippen molar-refractivity contribution in [2.75, 3.05) is 6.61 Å². The van der Waals surface area contributed by atoms with Crippen LogP contribution in [0.2, 0.25) is 0 Å². The van der Waals surface area contributed by atoms with Crippen molar-refractivity contribution in [2.24, 2.45) is 0 Å². The Morgan fingerprint density at radius 1 is 1.19 bits per heavy atom. The van der Waals surface area contributed by atoms with E-state index in [4.69, 9.17) is 14.6 Å². The zero-order valence-electron chi connectivity index (χ0n) is 12.5. The van der Waals surface area contributed by atoms with E-state index in [0.29, 0.717) is 12.3 Å². The number of hydrogen-bond acceptors (Lipinski definition) is 4. The maximum absolute atomic E-state index is 11.5. The van der Waals surface area contributed by atoms with Gasteiger partial charge in [-0.2, -0.15) is 0 Å². The van der Waals surface area contributed by atoms with Gasteiger partial charge in [0.15, 0.2) is 0 Å². The molecule has 0 aliphatic rings. The fourth-order valence-corrected chi connectivity index (χ4v) is 1.45. The minimum absolute atomic E-state index is 0.0397. The van der Waals surface area contributed by atoms with Crippen LogP contribution in [0.5, 0.6) is 5.75 Å². The lowest BCUT2D eigenvalue weighted by Crippen LogP contribution is -2.32. The number of aliphatic carboxylic acids is 1. The van der Waals surface area contributed by atoms with Gasteiger partial charge in [-0.15, -0.1) is 0 Å². The molecule has 6 heteroatoms. The molecule has 0 atom stereocenters. The smallest absolute Gasteiger partial charge is 0.407 e. The molecule has 0 aromatic heterocycles. The molecule has 1 aromatic rings. The van der Waals surface area contributed by atoms with Crippen LogP contribution in [0.3, 0.4) is 0 Å². The van der Waals surface area contributed by atoms with Crippen LogP contribution < -0.4 is 10.1 Å². The topological polar surface area (TPSA) is 84.9 Å². The lowest BCUT2D eigenvalue weighted by Gasteiger charge is -2.19. The maximum atomic E-state index is 11.5. The van der Waals surface area contributed by atoms with E-state index in [1.807, 2.05) is 0 Å². The number of nitrogens with one attached hydrogen (secondary N) is 1. The molecule has 0 saturated heterocycles. The molecule has 1 aromatic carbocycles. The molecule has 6 nitrogen and oxygen atoms in total. The van der Waals surface area contributed by atoms with E-state index in [1.54, 1.807) is 45.0 Å². The van der Waals surface area contributed by atoms with Gasteiger partial charge in [0.2, 0.25) is 0 Å². The van der Waals surface area contributed by atoms with Crippen molar-refractivity contribution in [3.8, 4) is 5.75 Å². The molecular weight excluding hydrogens is 274 g/mol. The van der Waals surface area contributed by atoms with E-state index in [2.05, 4.69) is 5.32 Å². The molecule has 0 saturated carbocycles. The zero-order chi connectivity index (χ0) is 15.9. The molecule has 0 radical (unpaired) electrons. The van der Waals surface area contributed by atoms with Crippen molar-refractivity contribution in [3.05, 3.63) is 29.8 Å². The highest BCUT2D eigenvalue weighted by atomic mass is 16.6. The largest absolute Gasteiger partial charge is 0.493 e. The van der Waals surface area contributed by atoms with E-state index in [1.165, 1.54) is 0 Å². The van der Waals surface area contributed by atoms with Crippen molar-refractivity contribution in [3.63, 3.8) is 0 Å². The highest BCUT2D eigenvalue weighted by molar-refractivity contribution is 5.67. The molecule has 1 amide bonds. The van der Waals surface area contributed by atoms with E-state index in [-0.39, 0.29) is 13.0 Å². The van der Waals surface area contributed by atoms with Crippen molar-refractivity contribution in [2.45, 2.75) is 39.3 Å². The van der Waals surface area contributed by atoms with Crippen LogP contribution in [0.1, 0.15) is 32.8 Å². The first-order valence-corrected chi connectivity index (χ1v) is 6.66. The number of hydrogen-bond donors (Lipinski definition) is 2. The summed E-state index contributed by atoms with van der Waals surface area (Å²) in [6.07, 6.45) is -0.508.